The number of piperidine rings is 1. The smallest absolute Gasteiger partial charge is 0.266 e. The van der Waals surface area contributed by atoms with Crippen molar-refractivity contribution in [1.29, 1.82) is 5.26 Å². The third-order valence-corrected chi connectivity index (χ3v) is 7.05. The van der Waals surface area contributed by atoms with E-state index in [1.807, 2.05) is 12.1 Å². The van der Waals surface area contributed by atoms with Crippen LogP contribution in [0.3, 0.4) is 0 Å². The van der Waals surface area contributed by atoms with Crippen LogP contribution in [0.4, 0.5) is 24.5 Å². The summed E-state index contributed by atoms with van der Waals surface area (Å²) < 4.78 is 41.1. The first-order valence-electron chi connectivity index (χ1n) is 12.2. The summed E-state index contributed by atoms with van der Waals surface area (Å²) in [6, 6.07) is 12.4. The molecule has 0 saturated carbocycles. The number of rotatable bonds is 6. The number of nitriles is 1. The normalized spacial score (nSPS) is 15.9. The van der Waals surface area contributed by atoms with Crippen molar-refractivity contribution in [3.8, 4) is 6.07 Å². The van der Waals surface area contributed by atoms with Crippen molar-refractivity contribution in [3.05, 3.63) is 89.4 Å². The van der Waals surface area contributed by atoms with E-state index in [2.05, 4.69) is 25.2 Å². The first kappa shape index (κ1) is 25.4. The zero-order valence-electron chi connectivity index (χ0n) is 20.6. The minimum absolute atomic E-state index is 0.130. The van der Waals surface area contributed by atoms with E-state index in [9.17, 15) is 18.3 Å². The summed E-state index contributed by atoms with van der Waals surface area (Å²) in [4.78, 5) is 15.1. The second-order valence-corrected chi connectivity index (χ2v) is 9.39. The van der Waals surface area contributed by atoms with Gasteiger partial charge in [-0.3, -0.25) is 9.97 Å². The first-order valence-corrected chi connectivity index (χ1v) is 12.2. The first-order chi connectivity index (χ1) is 18.3. The molecular weight excluding hydrogens is 493 g/mol. The molecule has 0 amide bonds. The SMILES string of the molecule is C[C@@H](Nc1ccnc2cnc(C3(O)CCN(c4ccc(C#N)nc4)CC3)cc12)c1cccc(C(F)F)c1F. The van der Waals surface area contributed by atoms with Gasteiger partial charge in [-0.05, 0) is 44.0 Å². The molecule has 0 radical (unpaired) electrons. The molecule has 4 heterocycles. The lowest BCUT2D eigenvalue weighted by atomic mass is 9.87. The molecule has 1 atom stereocenters. The second-order valence-electron chi connectivity index (χ2n) is 9.39. The Kier molecular flexibility index (Phi) is 6.87. The lowest BCUT2D eigenvalue weighted by Crippen LogP contribution is -2.43. The van der Waals surface area contributed by atoms with Crippen molar-refractivity contribution in [2.45, 2.75) is 37.8 Å². The van der Waals surface area contributed by atoms with Gasteiger partial charge in [-0.25, -0.2) is 18.2 Å². The van der Waals surface area contributed by atoms with Crippen molar-refractivity contribution < 1.29 is 18.3 Å². The van der Waals surface area contributed by atoms with E-state index in [1.165, 1.54) is 12.1 Å². The number of fused-ring (bicyclic) bond motifs is 1. The predicted octanol–water partition coefficient (Wildman–Crippen LogP) is 5.63. The molecule has 0 unspecified atom stereocenters. The zero-order valence-corrected chi connectivity index (χ0v) is 20.6. The van der Waals surface area contributed by atoms with Crippen molar-refractivity contribution in [1.82, 2.24) is 15.0 Å². The highest BCUT2D eigenvalue weighted by atomic mass is 19.3. The molecule has 1 saturated heterocycles. The minimum atomic E-state index is -2.90. The standard InChI is InChI=1S/C28H25F3N6O/c1-17(20-3-2-4-21(26(20)29)27(30)31)36-23-7-10-33-24-16-35-25(13-22(23)24)28(38)8-11-37(12-9-28)19-6-5-18(14-32)34-15-19/h2-7,10,13,15-17,27,38H,8-9,11-12H2,1H3,(H,33,36)/t17-/m1/s1. The fourth-order valence-corrected chi connectivity index (χ4v) is 4.84. The molecule has 0 spiro atoms. The molecule has 0 bridgehead atoms. The number of nitrogens with zero attached hydrogens (tertiary/aromatic N) is 5. The van der Waals surface area contributed by atoms with E-state index in [4.69, 9.17) is 5.26 Å². The van der Waals surface area contributed by atoms with Gasteiger partial charge in [0.1, 0.15) is 23.2 Å². The number of benzene rings is 1. The summed E-state index contributed by atoms with van der Waals surface area (Å²) in [7, 11) is 0. The fraction of sp³-hybridized carbons (Fsp3) is 0.286. The molecule has 0 aliphatic carbocycles. The van der Waals surface area contributed by atoms with Gasteiger partial charge in [0.15, 0.2) is 0 Å². The van der Waals surface area contributed by atoms with E-state index in [1.54, 1.807) is 43.7 Å². The number of anilines is 2. The Labute approximate surface area is 217 Å². The Hall–Kier alpha value is -4.23. The Bertz CT molecular complexity index is 1500. The van der Waals surface area contributed by atoms with Gasteiger partial charge in [-0.1, -0.05) is 18.2 Å². The maximum Gasteiger partial charge on any atom is 0.266 e. The monoisotopic (exact) mass is 518 g/mol. The highest BCUT2D eigenvalue weighted by molar-refractivity contribution is 5.91. The molecule has 7 nitrogen and oxygen atoms in total. The Morgan fingerprint density at radius 1 is 1.05 bits per heavy atom. The van der Waals surface area contributed by atoms with Gasteiger partial charge in [0.25, 0.3) is 6.43 Å². The average molecular weight is 519 g/mol. The molecule has 38 heavy (non-hydrogen) atoms. The summed E-state index contributed by atoms with van der Waals surface area (Å²) in [5.41, 5.74) is 1.26. The number of aliphatic hydroxyl groups is 1. The number of hydrogen-bond donors (Lipinski definition) is 2. The fourth-order valence-electron chi connectivity index (χ4n) is 4.84. The van der Waals surface area contributed by atoms with Crippen LogP contribution in [-0.4, -0.2) is 33.1 Å². The average Bonchev–Trinajstić information content (AvgIpc) is 2.93. The van der Waals surface area contributed by atoms with E-state index in [0.29, 0.717) is 53.9 Å². The van der Waals surface area contributed by atoms with Crippen molar-refractivity contribution in [2.24, 2.45) is 0 Å². The molecular formula is C28H25F3N6O. The van der Waals surface area contributed by atoms with Crippen LogP contribution < -0.4 is 10.2 Å². The topological polar surface area (TPSA) is 98.0 Å². The number of aromatic nitrogens is 3. The summed E-state index contributed by atoms with van der Waals surface area (Å²) in [5.74, 6) is -0.929. The van der Waals surface area contributed by atoms with Crippen LogP contribution in [0.15, 0.2) is 61.1 Å². The summed E-state index contributed by atoms with van der Waals surface area (Å²) in [6.45, 7) is 2.83. The maximum atomic E-state index is 14.7. The number of hydrogen-bond acceptors (Lipinski definition) is 7. The second kappa shape index (κ2) is 10.3. The van der Waals surface area contributed by atoms with Gasteiger partial charge >= 0.3 is 0 Å². The van der Waals surface area contributed by atoms with Crippen LogP contribution in [0.2, 0.25) is 0 Å². The van der Waals surface area contributed by atoms with Crippen molar-refractivity contribution in [3.63, 3.8) is 0 Å². The number of nitrogens with one attached hydrogen (secondary N) is 1. The molecule has 1 aliphatic heterocycles. The van der Waals surface area contributed by atoms with Crippen LogP contribution in [0, 0.1) is 17.1 Å². The lowest BCUT2D eigenvalue weighted by molar-refractivity contribution is 0.00776. The Morgan fingerprint density at radius 2 is 1.82 bits per heavy atom. The molecule has 4 aromatic rings. The van der Waals surface area contributed by atoms with E-state index >= 15 is 0 Å². The van der Waals surface area contributed by atoms with Gasteiger partial charge in [-0.2, -0.15) is 5.26 Å². The Balaban J connectivity index is 1.38. The minimum Gasteiger partial charge on any atom is -0.383 e. The predicted molar refractivity (Wildman–Crippen MR) is 137 cm³/mol. The lowest BCUT2D eigenvalue weighted by Gasteiger charge is -2.38. The van der Waals surface area contributed by atoms with Crippen LogP contribution >= 0.6 is 0 Å². The van der Waals surface area contributed by atoms with Crippen LogP contribution in [0.5, 0.6) is 0 Å². The Morgan fingerprint density at radius 3 is 2.50 bits per heavy atom. The summed E-state index contributed by atoms with van der Waals surface area (Å²) >= 11 is 0. The molecule has 3 aromatic heterocycles. The summed E-state index contributed by atoms with van der Waals surface area (Å²) in [6.07, 6.45) is 2.78. The summed E-state index contributed by atoms with van der Waals surface area (Å²) in [5, 5.41) is 24.4. The van der Waals surface area contributed by atoms with Crippen molar-refractivity contribution >= 4 is 22.3 Å². The van der Waals surface area contributed by atoms with Gasteiger partial charge in [-0.15, -0.1) is 0 Å². The quantitative estimate of drug-likeness (QED) is 0.341. The van der Waals surface area contributed by atoms with Crippen LogP contribution in [0.1, 0.15) is 54.7 Å². The van der Waals surface area contributed by atoms with Crippen LogP contribution in [0.25, 0.3) is 10.9 Å². The third kappa shape index (κ3) is 4.85. The van der Waals surface area contributed by atoms with Gasteiger partial charge in [0.2, 0.25) is 0 Å². The molecule has 1 aliphatic rings. The largest absolute Gasteiger partial charge is 0.383 e. The van der Waals surface area contributed by atoms with E-state index in [0.717, 1.165) is 11.8 Å². The van der Waals surface area contributed by atoms with Gasteiger partial charge in [0.05, 0.1) is 40.9 Å². The van der Waals surface area contributed by atoms with Gasteiger partial charge < -0.3 is 15.3 Å². The molecule has 194 valence electrons. The molecule has 1 fully saturated rings. The highest BCUT2D eigenvalue weighted by Crippen LogP contribution is 2.36. The molecule has 5 rings (SSSR count). The van der Waals surface area contributed by atoms with Crippen molar-refractivity contribution in [2.75, 3.05) is 23.3 Å². The highest BCUT2D eigenvalue weighted by Gasteiger charge is 2.36. The number of alkyl halides is 2. The number of pyridine rings is 3. The van der Waals surface area contributed by atoms with Crippen LogP contribution in [-0.2, 0) is 5.60 Å². The third-order valence-electron chi connectivity index (χ3n) is 7.05. The molecule has 1 aromatic carbocycles. The van der Waals surface area contributed by atoms with E-state index < -0.39 is 29.4 Å². The zero-order chi connectivity index (χ0) is 26.9. The van der Waals surface area contributed by atoms with E-state index in [-0.39, 0.29) is 5.56 Å². The van der Waals surface area contributed by atoms with Gasteiger partial charge in [0, 0.05) is 35.9 Å². The molecule has 2 N–H and O–H groups in total. The maximum absolute atomic E-state index is 14.7. The molecule has 10 heteroatoms. The number of halogens is 3.